The van der Waals surface area contributed by atoms with Gasteiger partial charge in [0.1, 0.15) is 5.76 Å². The maximum Gasteiger partial charge on any atom is 0.252 e. The molecular formula is C18H24N2O2. The van der Waals surface area contributed by atoms with E-state index in [2.05, 4.69) is 43.1 Å². The van der Waals surface area contributed by atoms with Crippen LogP contribution in [0.3, 0.4) is 0 Å². The van der Waals surface area contributed by atoms with Gasteiger partial charge in [-0.15, -0.1) is 0 Å². The first kappa shape index (κ1) is 16.1. The Kier molecular flexibility index (Phi) is 5.26. The number of aliphatic hydroxyl groups is 1. The summed E-state index contributed by atoms with van der Waals surface area (Å²) in [6.45, 7) is 9.61. The molecule has 118 valence electrons. The summed E-state index contributed by atoms with van der Waals surface area (Å²) in [6.07, 6.45) is 1.81. The highest BCUT2D eigenvalue weighted by Gasteiger charge is 2.28. The summed E-state index contributed by atoms with van der Waals surface area (Å²) >= 11 is 0. The molecule has 1 amide bonds. The molecule has 2 rings (SSSR count). The second-order valence-corrected chi connectivity index (χ2v) is 5.63. The molecule has 0 fully saturated rings. The van der Waals surface area contributed by atoms with Gasteiger partial charge in [0.15, 0.2) is 0 Å². The van der Waals surface area contributed by atoms with Crippen LogP contribution >= 0.6 is 0 Å². The smallest absolute Gasteiger partial charge is 0.252 e. The summed E-state index contributed by atoms with van der Waals surface area (Å²) in [4.78, 5) is 14.0. The molecule has 0 atom stereocenters. The lowest BCUT2D eigenvalue weighted by Gasteiger charge is -2.16. The number of benzene rings is 1. The van der Waals surface area contributed by atoms with Crippen molar-refractivity contribution in [3.8, 4) is 0 Å². The summed E-state index contributed by atoms with van der Waals surface area (Å²) in [5.41, 5.74) is 3.48. The van der Waals surface area contributed by atoms with E-state index < -0.39 is 0 Å². The summed E-state index contributed by atoms with van der Waals surface area (Å²) in [7, 11) is 0. The molecule has 4 heteroatoms. The summed E-state index contributed by atoms with van der Waals surface area (Å²) < 4.78 is 0. The third-order valence-corrected chi connectivity index (χ3v) is 3.99. The van der Waals surface area contributed by atoms with Crippen molar-refractivity contribution in [2.24, 2.45) is 0 Å². The molecule has 4 nitrogen and oxygen atoms in total. The van der Waals surface area contributed by atoms with E-state index in [9.17, 15) is 9.90 Å². The third-order valence-electron chi connectivity index (χ3n) is 3.99. The molecule has 1 aromatic rings. The summed E-state index contributed by atoms with van der Waals surface area (Å²) in [6, 6.07) is 8.43. The Morgan fingerprint density at radius 3 is 2.64 bits per heavy atom. The lowest BCUT2D eigenvalue weighted by atomic mass is 10.1. The zero-order valence-electron chi connectivity index (χ0n) is 13.4. The van der Waals surface area contributed by atoms with Crippen LogP contribution in [0.2, 0.25) is 0 Å². The Labute approximate surface area is 132 Å². The Morgan fingerprint density at radius 2 is 2.05 bits per heavy atom. The molecule has 1 heterocycles. The van der Waals surface area contributed by atoms with Gasteiger partial charge in [-0.05, 0) is 32.3 Å². The largest absolute Gasteiger partial charge is 0.505 e. The average molecular weight is 300 g/mol. The molecule has 0 aliphatic carbocycles. The van der Waals surface area contributed by atoms with Gasteiger partial charge < -0.3 is 15.3 Å². The van der Waals surface area contributed by atoms with E-state index in [4.69, 9.17) is 0 Å². The van der Waals surface area contributed by atoms with Crippen molar-refractivity contribution in [1.82, 2.24) is 10.2 Å². The maximum atomic E-state index is 12.1. The van der Waals surface area contributed by atoms with Gasteiger partial charge in [0.05, 0.1) is 17.8 Å². The van der Waals surface area contributed by atoms with Gasteiger partial charge in [0.2, 0.25) is 0 Å². The number of amides is 1. The lowest BCUT2D eigenvalue weighted by molar-refractivity contribution is -0.117. The fraction of sp³-hybridized carbons (Fsp3) is 0.389. The van der Waals surface area contributed by atoms with Gasteiger partial charge in [-0.2, -0.15) is 0 Å². The van der Waals surface area contributed by atoms with E-state index in [0.29, 0.717) is 24.4 Å². The molecule has 1 aromatic carbocycles. The van der Waals surface area contributed by atoms with Crippen LogP contribution in [0.25, 0.3) is 0 Å². The number of aliphatic hydroxyl groups excluding tert-OH is 1. The van der Waals surface area contributed by atoms with E-state index in [0.717, 1.165) is 19.4 Å². The lowest BCUT2D eigenvalue weighted by Crippen LogP contribution is -2.29. The number of aryl methyl sites for hydroxylation is 2. The number of carbonyl (C=O) groups is 1. The van der Waals surface area contributed by atoms with Crippen LogP contribution < -0.4 is 5.32 Å². The Balaban J connectivity index is 1.79. The first-order valence-electron chi connectivity index (χ1n) is 7.73. The Bertz CT molecular complexity index is 588. The average Bonchev–Trinajstić information content (AvgIpc) is 2.81. The minimum atomic E-state index is -0.196. The van der Waals surface area contributed by atoms with Crippen molar-refractivity contribution in [3.05, 3.63) is 59.0 Å². The molecule has 22 heavy (non-hydrogen) atoms. The van der Waals surface area contributed by atoms with Gasteiger partial charge in [0, 0.05) is 13.1 Å². The summed E-state index contributed by atoms with van der Waals surface area (Å²) in [5, 5.41) is 12.8. The number of nitrogens with one attached hydrogen (secondary N) is 1. The standard InChI is InChI=1S/C18H24N2O2/c1-4-20-12-16(17(21)14(20)3)18(22)19-11-5-6-15-9-7-13(2)8-10-15/h7-10,21H,3-6,11-12H2,1-2H3,(H,19,22). The molecule has 0 aromatic heterocycles. The van der Waals surface area contributed by atoms with Crippen molar-refractivity contribution < 1.29 is 9.90 Å². The highest BCUT2D eigenvalue weighted by atomic mass is 16.3. The predicted molar refractivity (Wildman–Crippen MR) is 88.6 cm³/mol. The molecule has 0 unspecified atom stereocenters. The van der Waals surface area contributed by atoms with Crippen LogP contribution in [-0.2, 0) is 11.2 Å². The second kappa shape index (κ2) is 7.16. The predicted octanol–water partition coefficient (Wildman–Crippen LogP) is 2.71. The van der Waals surface area contributed by atoms with E-state index in [1.54, 1.807) is 0 Å². The van der Waals surface area contributed by atoms with Crippen molar-refractivity contribution >= 4 is 5.91 Å². The zero-order valence-corrected chi connectivity index (χ0v) is 13.4. The molecule has 0 bridgehead atoms. The number of hydrogen-bond acceptors (Lipinski definition) is 3. The van der Waals surface area contributed by atoms with Gasteiger partial charge >= 0.3 is 0 Å². The number of rotatable bonds is 6. The van der Waals surface area contributed by atoms with E-state index in [1.165, 1.54) is 11.1 Å². The molecule has 0 spiro atoms. The Morgan fingerprint density at radius 1 is 1.36 bits per heavy atom. The van der Waals surface area contributed by atoms with Crippen molar-refractivity contribution in [2.75, 3.05) is 19.6 Å². The van der Waals surface area contributed by atoms with Crippen LogP contribution in [0.4, 0.5) is 0 Å². The van der Waals surface area contributed by atoms with Crippen LogP contribution in [0, 0.1) is 6.92 Å². The monoisotopic (exact) mass is 300 g/mol. The molecule has 0 saturated carbocycles. The van der Waals surface area contributed by atoms with E-state index in [-0.39, 0.29) is 11.7 Å². The first-order valence-corrected chi connectivity index (χ1v) is 7.73. The minimum absolute atomic E-state index is 0.0258. The van der Waals surface area contributed by atoms with Crippen LogP contribution in [0.1, 0.15) is 24.5 Å². The van der Waals surface area contributed by atoms with Crippen LogP contribution in [0.5, 0.6) is 0 Å². The first-order chi connectivity index (χ1) is 10.5. The SMILES string of the molecule is C=C1C(O)=C(C(=O)NCCCc2ccc(C)cc2)CN1CC. The molecule has 0 saturated heterocycles. The quantitative estimate of drug-likeness (QED) is 0.794. The fourth-order valence-electron chi connectivity index (χ4n) is 2.52. The second-order valence-electron chi connectivity index (χ2n) is 5.63. The number of likely N-dealkylation sites (N-methyl/N-ethyl adjacent to an activating group) is 1. The topological polar surface area (TPSA) is 52.6 Å². The number of hydrogen-bond donors (Lipinski definition) is 2. The molecular weight excluding hydrogens is 276 g/mol. The maximum absolute atomic E-state index is 12.1. The molecule has 0 radical (unpaired) electrons. The van der Waals surface area contributed by atoms with E-state index in [1.807, 2.05) is 11.8 Å². The van der Waals surface area contributed by atoms with Gasteiger partial charge in [-0.3, -0.25) is 4.79 Å². The molecule has 1 aliphatic heterocycles. The van der Waals surface area contributed by atoms with Crippen LogP contribution in [0.15, 0.2) is 47.9 Å². The highest BCUT2D eigenvalue weighted by molar-refractivity contribution is 5.95. The molecule has 1 aliphatic rings. The molecule has 2 N–H and O–H groups in total. The zero-order chi connectivity index (χ0) is 16.1. The Hall–Kier alpha value is -2.23. The summed E-state index contributed by atoms with van der Waals surface area (Å²) in [5.74, 6) is -0.170. The van der Waals surface area contributed by atoms with Crippen molar-refractivity contribution in [3.63, 3.8) is 0 Å². The highest BCUT2D eigenvalue weighted by Crippen LogP contribution is 2.24. The normalized spacial score (nSPS) is 14.6. The third kappa shape index (κ3) is 3.70. The van der Waals surface area contributed by atoms with E-state index >= 15 is 0 Å². The fourth-order valence-corrected chi connectivity index (χ4v) is 2.52. The van der Waals surface area contributed by atoms with Crippen molar-refractivity contribution in [2.45, 2.75) is 26.7 Å². The number of carbonyl (C=O) groups excluding carboxylic acids is 1. The van der Waals surface area contributed by atoms with Crippen LogP contribution in [-0.4, -0.2) is 35.5 Å². The van der Waals surface area contributed by atoms with Crippen molar-refractivity contribution in [1.29, 1.82) is 0 Å². The van der Waals surface area contributed by atoms with Gasteiger partial charge in [-0.1, -0.05) is 36.4 Å². The number of nitrogens with zero attached hydrogens (tertiary/aromatic N) is 1. The van der Waals surface area contributed by atoms with Gasteiger partial charge in [0.25, 0.3) is 5.91 Å². The van der Waals surface area contributed by atoms with Gasteiger partial charge in [-0.25, -0.2) is 0 Å². The minimum Gasteiger partial charge on any atom is -0.505 e.